The van der Waals surface area contributed by atoms with E-state index in [-0.39, 0.29) is 5.56 Å². The number of carbonyl (C=O) groups excluding carboxylic acids is 1. The number of carboxylic acid groups (broad SMARTS) is 1. The van der Waals surface area contributed by atoms with Crippen molar-refractivity contribution in [1.82, 2.24) is 5.32 Å². The van der Waals surface area contributed by atoms with E-state index in [4.69, 9.17) is 5.11 Å². The molecule has 2 N–H and O–H groups in total. The zero-order chi connectivity index (χ0) is 13.9. The summed E-state index contributed by atoms with van der Waals surface area (Å²) in [6.07, 6.45) is -0.474. The van der Waals surface area contributed by atoms with E-state index >= 15 is 0 Å². The molecular formula is C11H10F3NO3. The van der Waals surface area contributed by atoms with Gasteiger partial charge in [-0.3, -0.25) is 4.79 Å². The van der Waals surface area contributed by atoms with Crippen molar-refractivity contribution in [2.45, 2.75) is 19.4 Å². The number of benzene rings is 1. The van der Waals surface area contributed by atoms with Crippen LogP contribution in [0.1, 0.15) is 12.5 Å². The fourth-order valence-electron chi connectivity index (χ4n) is 1.39. The van der Waals surface area contributed by atoms with Gasteiger partial charge in [0.1, 0.15) is 6.04 Å². The minimum absolute atomic E-state index is 0.324. The highest BCUT2D eigenvalue weighted by Gasteiger charge is 2.22. The Morgan fingerprint density at radius 1 is 1.28 bits per heavy atom. The first kappa shape index (κ1) is 14.0. The molecule has 0 aliphatic heterocycles. The van der Waals surface area contributed by atoms with Gasteiger partial charge in [-0.15, -0.1) is 0 Å². The molecule has 0 saturated carbocycles. The number of carboxylic acids is 1. The number of carbonyl (C=O) groups is 2. The Bertz CT molecular complexity index is 491. The Morgan fingerprint density at radius 2 is 1.89 bits per heavy atom. The molecule has 0 aliphatic rings. The normalized spacial score (nSPS) is 12.0. The van der Waals surface area contributed by atoms with Crippen LogP contribution in [0.3, 0.4) is 0 Å². The molecule has 7 heteroatoms. The van der Waals surface area contributed by atoms with Crippen molar-refractivity contribution in [3.8, 4) is 0 Å². The van der Waals surface area contributed by atoms with E-state index in [0.717, 1.165) is 13.0 Å². The van der Waals surface area contributed by atoms with Crippen molar-refractivity contribution in [1.29, 1.82) is 0 Å². The van der Waals surface area contributed by atoms with Gasteiger partial charge < -0.3 is 10.4 Å². The second-order valence-corrected chi connectivity index (χ2v) is 3.63. The van der Waals surface area contributed by atoms with E-state index in [2.05, 4.69) is 5.32 Å². The molecule has 1 aromatic carbocycles. The number of amides is 1. The van der Waals surface area contributed by atoms with Crippen LogP contribution in [-0.4, -0.2) is 23.0 Å². The van der Waals surface area contributed by atoms with E-state index in [1.165, 1.54) is 0 Å². The van der Waals surface area contributed by atoms with Gasteiger partial charge in [0.15, 0.2) is 17.5 Å². The second-order valence-electron chi connectivity index (χ2n) is 3.63. The highest BCUT2D eigenvalue weighted by Crippen LogP contribution is 2.16. The van der Waals surface area contributed by atoms with Crippen molar-refractivity contribution in [3.63, 3.8) is 0 Å². The Balaban J connectivity index is 2.98. The van der Waals surface area contributed by atoms with Crippen LogP contribution in [0.2, 0.25) is 0 Å². The van der Waals surface area contributed by atoms with Gasteiger partial charge in [0, 0.05) is 13.3 Å². The summed E-state index contributed by atoms with van der Waals surface area (Å²) in [6.45, 7) is 1.09. The molecule has 98 valence electrons. The number of nitrogens with one attached hydrogen (secondary N) is 1. The molecule has 0 unspecified atom stereocenters. The molecule has 0 aromatic heterocycles. The van der Waals surface area contributed by atoms with E-state index in [1.807, 2.05) is 0 Å². The third-order valence-electron chi connectivity index (χ3n) is 2.21. The standard InChI is InChI=1S/C11H10F3NO3/c1-5(16)15-8(11(17)18)4-6-2-3-7(12)10(14)9(6)13/h2-3,8H,4H2,1H3,(H,15,16)(H,17,18)/t8-/m0/s1. The van der Waals surface area contributed by atoms with Crippen LogP contribution in [0.4, 0.5) is 13.2 Å². The van der Waals surface area contributed by atoms with Crippen LogP contribution in [0.5, 0.6) is 0 Å². The molecule has 1 amide bonds. The number of hydrogen-bond acceptors (Lipinski definition) is 2. The third-order valence-corrected chi connectivity index (χ3v) is 2.21. The summed E-state index contributed by atoms with van der Waals surface area (Å²) in [5, 5.41) is 10.9. The van der Waals surface area contributed by atoms with Crippen LogP contribution in [0.15, 0.2) is 12.1 Å². The van der Waals surface area contributed by atoms with E-state index in [0.29, 0.717) is 6.07 Å². The summed E-state index contributed by atoms with van der Waals surface area (Å²) in [4.78, 5) is 21.6. The maximum absolute atomic E-state index is 13.3. The smallest absolute Gasteiger partial charge is 0.326 e. The molecule has 0 aliphatic carbocycles. The predicted octanol–water partition coefficient (Wildman–Crippen LogP) is 1.24. The van der Waals surface area contributed by atoms with Gasteiger partial charge >= 0.3 is 5.97 Å². The summed E-state index contributed by atoms with van der Waals surface area (Å²) in [6, 6.07) is 0.230. The molecule has 4 nitrogen and oxygen atoms in total. The monoisotopic (exact) mass is 261 g/mol. The van der Waals surface area contributed by atoms with Gasteiger partial charge in [0.2, 0.25) is 5.91 Å². The second kappa shape index (κ2) is 5.52. The Morgan fingerprint density at radius 3 is 2.39 bits per heavy atom. The summed E-state index contributed by atoms with van der Waals surface area (Å²) in [5.41, 5.74) is -0.324. The molecule has 0 heterocycles. The van der Waals surface area contributed by atoms with Crippen molar-refractivity contribution in [2.24, 2.45) is 0 Å². The van der Waals surface area contributed by atoms with Gasteiger partial charge in [0.05, 0.1) is 0 Å². The van der Waals surface area contributed by atoms with Gasteiger partial charge in [-0.1, -0.05) is 6.07 Å². The maximum atomic E-state index is 13.3. The van der Waals surface area contributed by atoms with Crippen LogP contribution >= 0.6 is 0 Å². The van der Waals surface area contributed by atoms with E-state index < -0.39 is 41.8 Å². The minimum Gasteiger partial charge on any atom is -0.480 e. The van der Waals surface area contributed by atoms with Crippen LogP contribution < -0.4 is 5.32 Å². The highest BCUT2D eigenvalue weighted by molar-refractivity contribution is 5.82. The summed E-state index contributed by atoms with van der Waals surface area (Å²) in [7, 11) is 0. The first-order chi connectivity index (χ1) is 8.32. The Hall–Kier alpha value is -2.05. The number of aliphatic carboxylic acids is 1. The minimum atomic E-state index is -1.67. The molecular weight excluding hydrogens is 251 g/mol. The number of halogens is 3. The molecule has 1 rings (SSSR count). The number of hydrogen-bond donors (Lipinski definition) is 2. The van der Waals surface area contributed by atoms with Crippen molar-refractivity contribution < 1.29 is 27.9 Å². The predicted molar refractivity (Wildman–Crippen MR) is 55.3 cm³/mol. The van der Waals surface area contributed by atoms with Gasteiger partial charge in [-0.25, -0.2) is 18.0 Å². The van der Waals surface area contributed by atoms with Gasteiger partial charge in [0.25, 0.3) is 0 Å². The summed E-state index contributed by atoms with van der Waals surface area (Å²) >= 11 is 0. The topological polar surface area (TPSA) is 66.4 Å². The molecule has 0 radical (unpaired) electrons. The van der Waals surface area contributed by atoms with Crippen LogP contribution in [0, 0.1) is 17.5 Å². The van der Waals surface area contributed by atoms with Gasteiger partial charge in [-0.2, -0.15) is 0 Å². The first-order valence-electron chi connectivity index (χ1n) is 4.95. The molecule has 0 saturated heterocycles. The lowest BCUT2D eigenvalue weighted by Crippen LogP contribution is -2.41. The molecule has 1 atom stereocenters. The zero-order valence-corrected chi connectivity index (χ0v) is 9.34. The fraction of sp³-hybridized carbons (Fsp3) is 0.273. The zero-order valence-electron chi connectivity index (χ0n) is 9.34. The molecule has 0 bridgehead atoms. The Kier molecular flexibility index (Phi) is 4.30. The third kappa shape index (κ3) is 3.22. The van der Waals surface area contributed by atoms with Gasteiger partial charge in [-0.05, 0) is 11.6 Å². The Labute approximate surface area is 100 Å². The molecule has 0 fully saturated rings. The van der Waals surface area contributed by atoms with Crippen molar-refractivity contribution >= 4 is 11.9 Å². The lowest BCUT2D eigenvalue weighted by Gasteiger charge is -2.13. The SMILES string of the molecule is CC(=O)N[C@@H](Cc1ccc(F)c(F)c1F)C(=O)O. The van der Waals surface area contributed by atoms with E-state index in [1.54, 1.807) is 0 Å². The van der Waals surface area contributed by atoms with Crippen LogP contribution in [0.25, 0.3) is 0 Å². The molecule has 0 spiro atoms. The lowest BCUT2D eigenvalue weighted by atomic mass is 10.0. The molecule has 1 aromatic rings. The van der Waals surface area contributed by atoms with Crippen molar-refractivity contribution in [3.05, 3.63) is 35.1 Å². The lowest BCUT2D eigenvalue weighted by molar-refractivity contribution is -0.141. The van der Waals surface area contributed by atoms with Crippen molar-refractivity contribution in [2.75, 3.05) is 0 Å². The summed E-state index contributed by atoms with van der Waals surface area (Å²) in [5.74, 6) is -6.49. The average molecular weight is 261 g/mol. The largest absolute Gasteiger partial charge is 0.480 e. The van der Waals surface area contributed by atoms with Crippen LogP contribution in [-0.2, 0) is 16.0 Å². The fourth-order valence-corrected chi connectivity index (χ4v) is 1.39. The van der Waals surface area contributed by atoms with E-state index in [9.17, 15) is 22.8 Å². The quantitative estimate of drug-likeness (QED) is 0.801. The molecule has 18 heavy (non-hydrogen) atoms. The first-order valence-corrected chi connectivity index (χ1v) is 4.95. The number of rotatable bonds is 4. The average Bonchev–Trinajstić information content (AvgIpc) is 2.28. The summed E-state index contributed by atoms with van der Waals surface area (Å²) < 4.78 is 38.9. The maximum Gasteiger partial charge on any atom is 0.326 e. The highest BCUT2D eigenvalue weighted by atomic mass is 19.2.